The lowest BCUT2D eigenvalue weighted by Gasteiger charge is -2.46. The van der Waals surface area contributed by atoms with Crippen LogP contribution < -0.4 is 29.7 Å². The molecular formula is C47H56N8O8. The molecule has 8 rings (SSSR count). The highest BCUT2D eigenvalue weighted by atomic mass is 16.5. The minimum absolute atomic E-state index is 0.0431. The van der Waals surface area contributed by atoms with Crippen molar-refractivity contribution in [2.24, 2.45) is 5.92 Å². The first-order valence-corrected chi connectivity index (χ1v) is 22.2. The van der Waals surface area contributed by atoms with Crippen LogP contribution in [0.15, 0.2) is 36.7 Å². The van der Waals surface area contributed by atoms with Crippen molar-refractivity contribution in [3.8, 4) is 23.3 Å². The second-order valence-electron chi connectivity index (χ2n) is 18.0. The summed E-state index contributed by atoms with van der Waals surface area (Å²) in [5, 5.41) is 14.7. The zero-order chi connectivity index (χ0) is 44.5. The fraction of sp³-hybridized carbons (Fsp3) is 0.532. The van der Waals surface area contributed by atoms with Crippen LogP contribution in [0.25, 0.3) is 0 Å². The molecule has 0 radical (unpaired) electrons. The van der Waals surface area contributed by atoms with Crippen LogP contribution in [0.1, 0.15) is 126 Å². The van der Waals surface area contributed by atoms with Crippen molar-refractivity contribution in [1.82, 2.24) is 30.4 Å². The second-order valence-corrected chi connectivity index (χ2v) is 18.0. The molecule has 0 unspecified atom stereocenters. The van der Waals surface area contributed by atoms with E-state index in [1.165, 1.54) is 7.11 Å². The Morgan fingerprint density at radius 1 is 0.905 bits per heavy atom. The van der Waals surface area contributed by atoms with Gasteiger partial charge in [-0.2, -0.15) is 5.26 Å². The molecule has 3 aromatic rings. The maximum absolute atomic E-state index is 13.5. The van der Waals surface area contributed by atoms with E-state index in [-0.39, 0.29) is 53.9 Å². The van der Waals surface area contributed by atoms with E-state index in [2.05, 4.69) is 50.3 Å². The Morgan fingerprint density at radius 2 is 1.59 bits per heavy atom. The SMILES string of the molecule is COc1cc(OC2CC(N(CC3CCN(c4cnc(C(=O)NC5CCC(Oc6cc(C)c(C#N)c(C)c6)CC5)cn4)CC3)C(C)C)C2)cc2c1C(=O)N([C@@H]1CCC(=O)NC1=O)C2=O. The number of nitrogens with one attached hydrogen (secondary N) is 2. The first-order valence-electron chi connectivity index (χ1n) is 22.2. The second kappa shape index (κ2) is 18.3. The molecular weight excluding hydrogens is 805 g/mol. The van der Waals surface area contributed by atoms with E-state index in [4.69, 9.17) is 14.2 Å². The van der Waals surface area contributed by atoms with Gasteiger partial charge in [0.25, 0.3) is 17.7 Å². The van der Waals surface area contributed by atoms with Gasteiger partial charge >= 0.3 is 0 Å². The van der Waals surface area contributed by atoms with Crippen LogP contribution in [0, 0.1) is 31.1 Å². The average Bonchev–Trinajstić information content (AvgIpc) is 3.50. The number of fused-ring (bicyclic) bond motifs is 1. The van der Waals surface area contributed by atoms with Crippen molar-refractivity contribution >= 4 is 35.4 Å². The van der Waals surface area contributed by atoms with Gasteiger partial charge in [0.2, 0.25) is 11.8 Å². The van der Waals surface area contributed by atoms with E-state index in [0.29, 0.717) is 35.0 Å². The topological polar surface area (TPSA) is 196 Å². The quantitative estimate of drug-likeness (QED) is 0.218. The van der Waals surface area contributed by atoms with Crippen LogP contribution in [-0.2, 0) is 9.59 Å². The summed E-state index contributed by atoms with van der Waals surface area (Å²) in [7, 11) is 1.42. The minimum Gasteiger partial charge on any atom is -0.496 e. The lowest BCUT2D eigenvalue weighted by molar-refractivity contribution is -0.136. The summed E-state index contributed by atoms with van der Waals surface area (Å²) in [6.45, 7) is 11.0. The number of amides is 5. The standard InChI is InChI=1S/C47H56N8O8/c1-26(2)54(31-18-34(19-31)63-35-20-36-43(40(21-35)61-5)47(60)55(46(36)59)39-10-11-42(56)52-45(39)58)25-29-12-14-53(15-13-29)41-24-49-38(23-50-41)44(57)51-30-6-8-32(9-7-30)62-33-16-27(3)37(22-48)28(4)17-33/h16-17,20-21,23-24,26,29-32,34,39H,6-15,18-19,25H2,1-5H3,(H,51,57)(H,52,56,58)/t30?,31?,32?,34?,39-/m1/s1. The number of hydrogen-bond acceptors (Lipinski definition) is 13. The molecule has 3 aliphatic heterocycles. The summed E-state index contributed by atoms with van der Waals surface area (Å²) in [5.74, 6) is 0.167. The fourth-order valence-electron chi connectivity index (χ4n) is 9.83. The number of carbonyl (C=O) groups excluding carboxylic acids is 5. The zero-order valence-corrected chi connectivity index (χ0v) is 36.6. The zero-order valence-electron chi connectivity index (χ0n) is 36.6. The van der Waals surface area contributed by atoms with Gasteiger partial charge < -0.3 is 24.4 Å². The van der Waals surface area contributed by atoms with Crippen molar-refractivity contribution in [3.63, 3.8) is 0 Å². The van der Waals surface area contributed by atoms with Gasteiger partial charge in [0.1, 0.15) is 40.9 Å². The fourth-order valence-corrected chi connectivity index (χ4v) is 9.83. The predicted octanol–water partition coefficient (Wildman–Crippen LogP) is 5.03. The molecule has 1 atom stereocenters. The molecule has 4 heterocycles. The number of aromatic nitrogens is 2. The molecule has 332 valence electrons. The number of rotatable bonds is 13. The van der Waals surface area contributed by atoms with Crippen LogP contribution in [0.3, 0.4) is 0 Å². The van der Waals surface area contributed by atoms with Crippen molar-refractivity contribution in [3.05, 3.63) is 70.2 Å². The Morgan fingerprint density at radius 3 is 2.21 bits per heavy atom. The third kappa shape index (κ3) is 9.20. The van der Waals surface area contributed by atoms with Crippen LogP contribution in [0.2, 0.25) is 0 Å². The van der Waals surface area contributed by atoms with Crippen molar-refractivity contribution in [2.75, 3.05) is 31.6 Å². The van der Waals surface area contributed by atoms with Crippen LogP contribution in [0.5, 0.6) is 17.2 Å². The summed E-state index contributed by atoms with van der Waals surface area (Å²) in [6.07, 6.45) is 10.3. The van der Waals surface area contributed by atoms with E-state index < -0.39 is 29.7 Å². The number of aryl methyl sites for hydroxylation is 2. The maximum Gasteiger partial charge on any atom is 0.271 e. The normalized spacial score (nSPS) is 23.9. The van der Waals surface area contributed by atoms with Crippen LogP contribution in [-0.4, -0.2) is 112 Å². The van der Waals surface area contributed by atoms with Gasteiger partial charge in [0.15, 0.2) is 0 Å². The molecule has 63 heavy (non-hydrogen) atoms. The number of imide groups is 2. The van der Waals surface area contributed by atoms with Gasteiger partial charge in [-0.15, -0.1) is 0 Å². The number of ether oxygens (including phenoxy) is 3. The maximum atomic E-state index is 13.5. The third-order valence-corrected chi connectivity index (χ3v) is 13.4. The largest absolute Gasteiger partial charge is 0.496 e. The van der Waals surface area contributed by atoms with E-state index in [1.807, 2.05) is 26.0 Å². The molecule has 2 saturated carbocycles. The van der Waals surface area contributed by atoms with Crippen molar-refractivity contribution in [1.29, 1.82) is 5.26 Å². The number of hydrogen-bond donors (Lipinski definition) is 2. The van der Waals surface area contributed by atoms with Gasteiger partial charge in [0, 0.05) is 63.1 Å². The first-order chi connectivity index (χ1) is 30.3. The number of carbonyl (C=O) groups is 5. The summed E-state index contributed by atoms with van der Waals surface area (Å²) in [4.78, 5) is 79.1. The number of nitriles is 1. The molecule has 0 spiro atoms. The van der Waals surface area contributed by atoms with Crippen LogP contribution >= 0.6 is 0 Å². The molecule has 5 amide bonds. The molecule has 0 bridgehead atoms. The molecule has 2 saturated heterocycles. The number of piperidine rings is 2. The van der Waals surface area contributed by atoms with Gasteiger partial charge in [-0.25, -0.2) is 9.97 Å². The van der Waals surface area contributed by atoms with E-state index in [1.54, 1.807) is 24.5 Å². The van der Waals surface area contributed by atoms with E-state index >= 15 is 0 Å². The molecule has 16 nitrogen and oxygen atoms in total. The Labute approximate surface area is 367 Å². The Balaban J connectivity index is 0.778. The minimum atomic E-state index is -1.06. The average molecular weight is 861 g/mol. The van der Waals surface area contributed by atoms with E-state index in [0.717, 1.165) is 98.6 Å². The lowest BCUT2D eigenvalue weighted by Crippen LogP contribution is -2.54. The number of benzene rings is 2. The van der Waals surface area contributed by atoms with Gasteiger partial charge in [-0.3, -0.25) is 39.1 Å². The number of nitrogens with zero attached hydrogens (tertiary/aromatic N) is 6. The summed E-state index contributed by atoms with van der Waals surface area (Å²) >= 11 is 0. The molecule has 2 aliphatic carbocycles. The van der Waals surface area contributed by atoms with Gasteiger partial charge in [-0.1, -0.05) is 0 Å². The Hall–Kier alpha value is -6.08. The molecule has 2 aromatic carbocycles. The summed E-state index contributed by atoms with van der Waals surface area (Å²) < 4.78 is 18.1. The number of anilines is 1. The molecule has 5 aliphatic rings. The molecule has 1 aromatic heterocycles. The molecule has 4 fully saturated rings. The summed E-state index contributed by atoms with van der Waals surface area (Å²) in [6, 6.07) is 8.94. The Kier molecular flexibility index (Phi) is 12.7. The van der Waals surface area contributed by atoms with E-state index in [9.17, 15) is 29.2 Å². The van der Waals surface area contributed by atoms with Gasteiger partial charge in [0.05, 0.1) is 48.4 Å². The summed E-state index contributed by atoms with van der Waals surface area (Å²) in [5.41, 5.74) is 3.05. The Bertz CT molecular complexity index is 2280. The monoisotopic (exact) mass is 860 g/mol. The van der Waals surface area contributed by atoms with Gasteiger partial charge in [-0.05, 0) is 108 Å². The lowest BCUT2D eigenvalue weighted by atomic mass is 9.85. The highest BCUT2D eigenvalue weighted by Gasteiger charge is 2.47. The van der Waals surface area contributed by atoms with Crippen molar-refractivity contribution < 1.29 is 38.2 Å². The first kappa shape index (κ1) is 43.6. The third-order valence-electron chi connectivity index (χ3n) is 13.4. The van der Waals surface area contributed by atoms with Crippen molar-refractivity contribution in [2.45, 2.75) is 128 Å². The van der Waals surface area contributed by atoms with Crippen LogP contribution in [0.4, 0.5) is 5.82 Å². The predicted molar refractivity (Wildman–Crippen MR) is 231 cm³/mol. The molecule has 2 N–H and O–H groups in total. The molecule has 16 heteroatoms. The highest BCUT2D eigenvalue weighted by molar-refractivity contribution is 6.24. The highest BCUT2D eigenvalue weighted by Crippen LogP contribution is 2.40. The number of methoxy groups -OCH3 is 1. The smallest absolute Gasteiger partial charge is 0.271 e.